The van der Waals surface area contributed by atoms with E-state index >= 15 is 0 Å². The fraction of sp³-hybridized carbons (Fsp3) is 0.235. The van der Waals surface area contributed by atoms with E-state index in [1.54, 1.807) is 18.2 Å². The van der Waals surface area contributed by atoms with Crippen LogP contribution in [-0.4, -0.2) is 34.3 Å². The summed E-state index contributed by atoms with van der Waals surface area (Å²) in [6, 6.07) is 10.8. The Labute approximate surface area is 151 Å². The first-order valence-electron chi connectivity index (χ1n) is 7.36. The Kier molecular flexibility index (Phi) is 6.27. The smallest absolute Gasteiger partial charge is 0.225 e. The zero-order chi connectivity index (χ0) is 18.4. The zero-order valence-corrected chi connectivity index (χ0v) is 15.4. The van der Waals surface area contributed by atoms with Crippen molar-refractivity contribution < 1.29 is 22.7 Å². The lowest BCUT2D eigenvalue weighted by Crippen LogP contribution is -2.17. The average molecular weight is 384 g/mol. The molecule has 0 atom stereocenters. The second-order valence-corrected chi connectivity index (χ2v) is 7.68. The highest BCUT2D eigenvalue weighted by Crippen LogP contribution is 2.29. The van der Waals surface area contributed by atoms with E-state index in [-0.39, 0.29) is 17.1 Å². The molecule has 2 aromatic carbocycles. The SMILES string of the molecule is COc1ccc(OC)c(NC(=O)CCS(=O)(=O)c2ccc(Cl)cc2)c1. The van der Waals surface area contributed by atoms with Gasteiger partial charge in [0.25, 0.3) is 0 Å². The minimum atomic E-state index is -3.57. The zero-order valence-electron chi connectivity index (χ0n) is 13.8. The molecule has 2 aromatic rings. The fourth-order valence-electron chi connectivity index (χ4n) is 2.11. The lowest BCUT2D eigenvalue weighted by atomic mass is 10.2. The molecule has 0 aliphatic heterocycles. The molecule has 0 aromatic heterocycles. The molecule has 0 bridgehead atoms. The second kappa shape index (κ2) is 8.22. The third-order valence-corrected chi connectivity index (χ3v) is 5.44. The number of nitrogens with one attached hydrogen (secondary N) is 1. The van der Waals surface area contributed by atoms with Crippen LogP contribution in [0.4, 0.5) is 5.69 Å². The predicted molar refractivity (Wildman–Crippen MR) is 96.3 cm³/mol. The van der Waals surface area contributed by atoms with Crippen molar-refractivity contribution in [3.63, 3.8) is 0 Å². The highest BCUT2D eigenvalue weighted by Gasteiger charge is 2.17. The van der Waals surface area contributed by atoms with Crippen LogP contribution < -0.4 is 14.8 Å². The summed E-state index contributed by atoms with van der Waals surface area (Å²) >= 11 is 5.75. The number of carbonyl (C=O) groups excluding carboxylic acids is 1. The maximum atomic E-state index is 12.3. The number of carbonyl (C=O) groups is 1. The summed E-state index contributed by atoms with van der Waals surface area (Å²) in [6.45, 7) is 0. The van der Waals surface area contributed by atoms with Gasteiger partial charge >= 0.3 is 0 Å². The van der Waals surface area contributed by atoms with Gasteiger partial charge in [0.15, 0.2) is 9.84 Å². The van der Waals surface area contributed by atoms with Gasteiger partial charge in [0.1, 0.15) is 11.5 Å². The number of hydrogen-bond donors (Lipinski definition) is 1. The second-order valence-electron chi connectivity index (χ2n) is 5.14. The van der Waals surface area contributed by atoms with Crippen molar-refractivity contribution in [2.24, 2.45) is 0 Å². The summed E-state index contributed by atoms with van der Waals surface area (Å²) < 4.78 is 34.8. The summed E-state index contributed by atoms with van der Waals surface area (Å²) in [5.41, 5.74) is 0.413. The fourth-order valence-corrected chi connectivity index (χ4v) is 3.48. The van der Waals surface area contributed by atoms with Gasteiger partial charge in [0.05, 0.1) is 30.6 Å². The standard InChI is InChI=1S/C17H18ClNO5S/c1-23-13-5-8-16(24-2)15(11-13)19-17(20)9-10-25(21,22)14-6-3-12(18)4-7-14/h3-8,11H,9-10H2,1-2H3,(H,19,20). The summed E-state index contributed by atoms with van der Waals surface area (Å²) in [5.74, 6) is 0.246. The van der Waals surface area contributed by atoms with Crippen molar-refractivity contribution in [2.45, 2.75) is 11.3 Å². The van der Waals surface area contributed by atoms with Gasteiger partial charge in [-0.3, -0.25) is 4.79 Å². The van der Waals surface area contributed by atoms with Gasteiger partial charge in [-0.05, 0) is 36.4 Å². The van der Waals surface area contributed by atoms with Crippen LogP contribution >= 0.6 is 11.6 Å². The molecule has 0 saturated carbocycles. The molecule has 0 aliphatic carbocycles. The molecule has 8 heteroatoms. The monoisotopic (exact) mass is 383 g/mol. The Morgan fingerprint density at radius 1 is 1.08 bits per heavy atom. The van der Waals surface area contributed by atoms with Gasteiger partial charge in [0, 0.05) is 17.5 Å². The van der Waals surface area contributed by atoms with Crippen LogP contribution in [0.2, 0.25) is 5.02 Å². The predicted octanol–water partition coefficient (Wildman–Crippen LogP) is 3.16. The van der Waals surface area contributed by atoms with Crippen molar-refractivity contribution in [2.75, 3.05) is 25.3 Å². The van der Waals surface area contributed by atoms with Gasteiger partial charge < -0.3 is 14.8 Å². The highest BCUT2D eigenvalue weighted by atomic mass is 35.5. The largest absolute Gasteiger partial charge is 0.497 e. The molecular weight excluding hydrogens is 366 g/mol. The van der Waals surface area contributed by atoms with Crippen LogP contribution in [0.3, 0.4) is 0 Å². The van der Waals surface area contributed by atoms with Gasteiger partial charge in [-0.2, -0.15) is 0 Å². The normalized spacial score (nSPS) is 11.0. The molecule has 25 heavy (non-hydrogen) atoms. The van der Waals surface area contributed by atoms with Gasteiger partial charge in [-0.1, -0.05) is 11.6 Å². The number of benzene rings is 2. The molecule has 0 saturated heterocycles. The topological polar surface area (TPSA) is 81.7 Å². The third kappa shape index (κ3) is 5.11. The van der Waals surface area contributed by atoms with E-state index in [1.165, 1.54) is 38.5 Å². The Morgan fingerprint density at radius 3 is 2.36 bits per heavy atom. The molecular formula is C17H18ClNO5S. The molecule has 0 spiro atoms. The molecule has 0 fully saturated rings. The van der Waals surface area contributed by atoms with Crippen molar-refractivity contribution in [3.05, 3.63) is 47.5 Å². The number of rotatable bonds is 7. The van der Waals surface area contributed by atoms with E-state index in [9.17, 15) is 13.2 Å². The number of amides is 1. The minimum Gasteiger partial charge on any atom is -0.497 e. The molecule has 1 amide bonds. The van der Waals surface area contributed by atoms with Crippen LogP contribution in [0.1, 0.15) is 6.42 Å². The first-order valence-corrected chi connectivity index (χ1v) is 9.39. The van der Waals surface area contributed by atoms with Crippen molar-refractivity contribution >= 4 is 33.0 Å². The van der Waals surface area contributed by atoms with Gasteiger partial charge in [-0.15, -0.1) is 0 Å². The number of ether oxygens (including phenoxy) is 2. The number of methoxy groups -OCH3 is 2. The van der Waals surface area contributed by atoms with Crippen molar-refractivity contribution in [3.8, 4) is 11.5 Å². The third-order valence-electron chi connectivity index (χ3n) is 3.45. The van der Waals surface area contributed by atoms with Crippen LogP contribution in [0, 0.1) is 0 Å². The number of halogens is 1. The summed E-state index contributed by atoms with van der Waals surface area (Å²) in [6.07, 6.45) is -0.189. The Hall–Kier alpha value is -2.25. The first kappa shape index (κ1) is 19.1. The van der Waals surface area contributed by atoms with E-state index < -0.39 is 15.7 Å². The molecule has 134 valence electrons. The van der Waals surface area contributed by atoms with Crippen LogP contribution in [0.25, 0.3) is 0 Å². The lowest BCUT2D eigenvalue weighted by molar-refractivity contribution is -0.115. The molecule has 2 rings (SSSR count). The van der Waals surface area contributed by atoms with E-state index in [0.29, 0.717) is 22.2 Å². The van der Waals surface area contributed by atoms with Crippen LogP contribution in [-0.2, 0) is 14.6 Å². The van der Waals surface area contributed by atoms with E-state index in [2.05, 4.69) is 5.32 Å². The molecule has 0 aliphatic rings. The minimum absolute atomic E-state index is 0.128. The number of hydrogen-bond acceptors (Lipinski definition) is 5. The molecule has 6 nitrogen and oxygen atoms in total. The first-order chi connectivity index (χ1) is 11.9. The van der Waals surface area contributed by atoms with E-state index in [0.717, 1.165) is 0 Å². The molecule has 0 unspecified atom stereocenters. The summed E-state index contributed by atoms with van der Waals surface area (Å²) in [7, 11) is -0.588. The Bertz CT molecular complexity index is 850. The average Bonchev–Trinajstić information content (AvgIpc) is 2.60. The maximum Gasteiger partial charge on any atom is 0.225 e. The van der Waals surface area contributed by atoms with E-state index in [4.69, 9.17) is 21.1 Å². The summed E-state index contributed by atoms with van der Waals surface area (Å²) in [4.78, 5) is 12.2. The van der Waals surface area contributed by atoms with Gasteiger partial charge in [0.2, 0.25) is 5.91 Å². The van der Waals surface area contributed by atoms with Crippen molar-refractivity contribution in [1.82, 2.24) is 0 Å². The van der Waals surface area contributed by atoms with Crippen LogP contribution in [0.15, 0.2) is 47.4 Å². The Balaban J connectivity index is 2.04. The quantitative estimate of drug-likeness (QED) is 0.794. The van der Waals surface area contributed by atoms with Gasteiger partial charge in [-0.25, -0.2) is 8.42 Å². The van der Waals surface area contributed by atoms with E-state index in [1.807, 2.05) is 0 Å². The number of sulfone groups is 1. The van der Waals surface area contributed by atoms with Crippen molar-refractivity contribution in [1.29, 1.82) is 0 Å². The molecule has 1 N–H and O–H groups in total. The molecule has 0 radical (unpaired) electrons. The maximum absolute atomic E-state index is 12.3. The highest BCUT2D eigenvalue weighted by molar-refractivity contribution is 7.91. The molecule has 0 heterocycles. The number of anilines is 1. The Morgan fingerprint density at radius 2 is 1.76 bits per heavy atom. The summed E-state index contributed by atoms with van der Waals surface area (Å²) in [5, 5.41) is 3.09. The lowest BCUT2D eigenvalue weighted by Gasteiger charge is -2.12. The van der Waals surface area contributed by atoms with Crippen LogP contribution in [0.5, 0.6) is 11.5 Å².